The SMILES string of the molecule is CC[C@@H](C)[C@H](CC(=O)O)N1Cc2ccccc2C1=O. The van der Waals surface area contributed by atoms with Crippen molar-refractivity contribution in [2.75, 3.05) is 0 Å². The van der Waals surface area contributed by atoms with E-state index in [2.05, 4.69) is 0 Å². The van der Waals surface area contributed by atoms with Gasteiger partial charge in [-0.15, -0.1) is 0 Å². The van der Waals surface area contributed by atoms with Crippen molar-refractivity contribution in [3.63, 3.8) is 0 Å². The minimum atomic E-state index is -0.853. The molecule has 0 radical (unpaired) electrons. The summed E-state index contributed by atoms with van der Waals surface area (Å²) < 4.78 is 0. The first-order chi connectivity index (χ1) is 9.04. The number of benzene rings is 1. The van der Waals surface area contributed by atoms with Gasteiger partial charge in [0.25, 0.3) is 5.91 Å². The van der Waals surface area contributed by atoms with Crippen LogP contribution in [0.1, 0.15) is 42.6 Å². The van der Waals surface area contributed by atoms with Crippen LogP contribution in [0.5, 0.6) is 0 Å². The fraction of sp³-hybridized carbons (Fsp3) is 0.467. The van der Waals surface area contributed by atoms with Gasteiger partial charge in [-0.1, -0.05) is 38.5 Å². The van der Waals surface area contributed by atoms with Gasteiger partial charge in [-0.3, -0.25) is 9.59 Å². The van der Waals surface area contributed by atoms with Gasteiger partial charge in [-0.25, -0.2) is 0 Å². The van der Waals surface area contributed by atoms with Crippen LogP contribution < -0.4 is 0 Å². The van der Waals surface area contributed by atoms with E-state index in [1.54, 1.807) is 4.90 Å². The number of carboxylic acid groups (broad SMARTS) is 1. The van der Waals surface area contributed by atoms with E-state index in [1.807, 2.05) is 38.1 Å². The summed E-state index contributed by atoms with van der Waals surface area (Å²) >= 11 is 0. The maximum atomic E-state index is 12.4. The van der Waals surface area contributed by atoms with Gasteiger partial charge in [0.2, 0.25) is 0 Å². The van der Waals surface area contributed by atoms with Crippen molar-refractivity contribution in [3.05, 3.63) is 35.4 Å². The van der Waals surface area contributed by atoms with E-state index >= 15 is 0 Å². The molecular weight excluding hydrogens is 242 g/mol. The van der Waals surface area contributed by atoms with Gasteiger partial charge < -0.3 is 10.0 Å². The van der Waals surface area contributed by atoms with Crippen molar-refractivity contribution in [2.45, 2.75) is 39.3 Å². The van der Waals surface area contributed by atoms with Gasteiger partial charge in [0.15, 0.2) is 0 Å². The van der Waals surface area contributed by atoms with E-state index in [9.17, 15) is 9.59 Å². The van der Waals surface area contributed by atoms with E-state index in [0.29, 0.717) is 12.1 Å². The quantitative estimate of drug-likeness (QED) is 0.886. The molecule has 4 nitrogen and oxygen atoms in total. The summed E-state index contributed by atoms with van der Waals surface area (Å²) in [7, 11) is 0. The normalized spacial score (nSPS) is 17.2. The number of aliphatic carboxylic acids is 1. The molecule has 0 bridgehead atoms. The van der Waals surface area contributed by atoms with E-state index in [1.165, 1.54) is 0 Å². The van der Waals surface area contributed by atoms with Crippen LogP contribution in [0.25, 0.3) is 0 Å². The molecule has 0 spiro atoms. The van der Waals surface area contributed by atoms with Crippen molar-refractivity contribution in [3.8, 4) is 0 Å². The molecule has 1 aliphatic heterocycles. The third kappa shape index (κ3) is 2.62. The number of rotatable bonds is 5. The summed E-state index contributed by atoms with van der Waals surface area (Å²) in [6.07, 6.45) is 0.868. The van der Waals surface area contributed by atoms with Crippen LogP contribution in [0, 0.1) is 5.92 Å². The Morgan fingerprint density at radius 2 is 2.11 bits per heavy atom. The third-order valence-electron chi connectivity index (χ3n) is 3.93. The maximum absolute atomic E-state index is 12.4. The van der Waals surface area contributed by atoms with Gasteiger partial charge in [0.05, 0.1) is 6.42 Å². The molecule has 0 aromatic heterocycles. The minimum absolute atomic E-state index is 0.00867. The van der Waals surface area contributed by atoms with Crippen molar-refractivity contribution >= 4 is 11.9 Å². The Morgan fingerprint density at radius 3 is 2.68 bits per heavy atom. The summed E-state index contributed by atoms with van der Waals surface area (Å²) in [6, 6.07) is 7.26. The van der Waals surface area contributed by atoms with Gasteiger partial charge in [-0.2, -0.15) is 0 Å². The van der Waals surface area contributed by atoms with E-state index in [-0.39, 0.29) is 24.3 Å². The maximum Gasteiger partial charge on any atom is 0.305 e. The standard InChI is InChI=1S/C15H19NO3/c1-3-10(2)13(8-14(17)18)16-9-11-6-4-5-7-12(11)15(16)19/h4-7,10,13H,3,8-9H2,1-2H3,(H,17,18)/t10-,13+/m1/s1. The summed E-state index contributed by atoms with van der Waals surface area (Å²) in [5, 5.41) is 9.05. The Kier molecular flexibility index (Phi) is 3.88. The molecule has 1 aromatic carbocycles. The average molecular weight is 261 g/mol. The molecule has 0 unspecified atom stereocenters. The Morgan fingerprint density at radius 1 is 1.42 bits per heavy atom. The lowest BCUT2D eigenvalue weighted by Gasteiger charge is -2.31. The third-order valence-corrected chi connectivity index (χ3v) is 3.93. The summed E-state index contributed by atoms with van der Waals surface area (Å²) in [5.41, 5.74) is 1.70. The zero-order valence-corrected chi connectivity index (χ0v) is 11.3. The second-order valence-electron chi connectivity index (χ2n) is 5.14. The molecule has 1 aliphatic rings. The molecule has 0 fully saturated rings. The molecule has 4 heteroatoms. The first kappa shape index (κ1) is 13.6. The molecule has 0 saturated carbocycles. The van der Waals surface area contributed by atoms with E-state index in [4.69, 9.17) is 5.11 Å². The first-order valence-corrected chi connectivity index (χ1v) is 6.65. The number of hydrogen-bond acceptors (Lipinski definition) is 2. The van der Waals surface area contributed by atoms with Crippen molar-refractivity contribution in [1.29, 1.82) is 0 Å². The van der Waals surface area contributed by atoms with Crippen LogP contribution in [-0.4, -0.2) is 27.9 Å². The average Bonchev–Trinajstić information content (AvgIpc) is 2.73. The molecule has 2 rings (SSSR count). The predicted molar refractivity (Wildman–Crippen MR) is 71.8 cm³/mol. The Hall–Kier alpha value is -1.84. The second-order valence-corrected chi connectivity index (χ2v) is 5.14. The molecule has 1 aromatic rings. The minimum Gasteiger partial charge on any atom is -0.481 e. The molecule has 0 aliphatic carbocycles. The number of carbonyl (C=O) groups is 2. The number of hydrogen-bond donors (Lipinski definition) is 1. The summed E-state index contributed by atoms with van der Waals surface area (Å²) in [4.78, 5) is 25.1. The molecule has 1 N–H and O–H groups in total. The zero-order chi connectivity index (χ0) is 14.0. The zero-order valence-electron chi connectivity index (χ0n) is 11.3. The lowest BCUT2D eigenvalue weighted by atomic mass is 9.95. The van der Waals surface area contributed by atoms with Gasteiger partial charge in [-0.05, 0) is 17.5 Å². The largest absolute Gasteiger partial charge is 0.481 e. The monoisotopic (exact) mass is 261 g/mol. The predicted octanol–water partition coefficient (Wildman–Crippen LogP) is 2.53. The van der Waals surface area contributed by atoms with Crippen LogP contribution in [0.2, 0.25) is 0 Å². The van der Waals surface area contributed by atoms with E-state index in [0.717, 1.165) is 12.0 Å². The van der Waals surface area contributed by atoms with E-state index < -0.39 is 5.97 Å². The number of carbonyl (C=O) groups excluding carboxylic acids is 1. The van der Waals surface area contributed by atoms with Crippen molar-refractivity contribution < 1.29 is 14.7 Å². The van der Waals surface area contributed by atoms with Crippen LogP contribution >= 0.6 is 0 Å². The first-order valence-electron chi connectivity index (χ1n) is 6.65. The highest BCUT2D eigenvalue weighted by Crippen LogP contribution is 2.29. The Bertz CT molecular complexity index is 498. The van der Waals surface area contributed by atoms with Crippen LogP contribution in [0.15, 0.2) is 24.3 Å². The van der Waals surface area contributed by atoms with Gasteiger partial charge >= 0.3 is 5.97 Å². The number of fused-ring (bicyclic) bond motifs is 1. The van der Waals surface area contributed by atoms with Crippen LogP contribution in [0.4, 0.5) is 0 Å². The number of carboxylic acids is 1. The smallest absolute Gasteiger partial charge is 0.305 e. The van der Waals surface area contributed by atoms with Crippen molar-refractivity contribution in [1.82, 2.24) is 4.90 Å². The van der Waals surface area contributed by atoms with Gasteiger partial charge in [0.1, 0.15) is 0 Å². The lowest BCUT2D eigenvalue weighted by Crippen LogP contribution is -2.41. The highest BCUT2D eigenvalue weighted by molar-refractivity contribution is 5.98. The Balaban J connectivity index is 2.25. The molecule has 1 heterocycles. The highest BCUT2D eigenvalue weighted by atomic mass is 16.4. The lowest BCUT2D eigenvalue weighted by molar-refractivity contribution is -0.138. The molecule has 1 amide bonds. The highest BCUT2D eigenvalue weighted by Gasteiger charge is 2.35. The Labute approximate surface area is 113 Å². The molecule has 102 valence electrons. The van der Waals surface area contributed by atoms with Crippen LogP contribution in [0.3, 0.4) is 0 Å². The summed E-state index contributed by atoms with van der Waals surface area (Å²) in [6.45, 7) is 4.55. The topological polar surface area (TPSA) is 57.6 Å². The fourth-order valence-corrected chi connectivity index (χ4v) is 2.61. The molecule has 19 heavy (non-hydrogen) atoms. The molecular formula is C15H19NO3. The van der Waals surface area contributed by atoms with Crippen molar-refractivity contribution in [2.24, 2.45) is 5.92 Å². The molecule has 2 atom stereocenters. The second kappa shape index (κ2) is 5.43. The van der Waals surface area contributed by atoms with Gasteiger partial charge in [0, 0.05) is 18.2 Å². The number of nitrogens with zero attached hydrogens (tertiary/aromatic N) is 1. The number of amides is 1. The fourth-order valence-electron chi connectivity index (χ4n) is 2.61. The summed E-state index contributed by atoms with van der Waals surface area (Å²) in [5.74, 6) is -0.717. The van der Waals surface area contributed by atoms with Crippen LogP contribution in [-0.2, 0) is 11.3 Å². The molecule has 0 saturated heterocycles.